The average molecular weight is 319 g/mol. The minimum absolute atomic E-state index is 0.140. The molecule has 1 aliphatic rings. The molecular formula is C10H17N5O3S2. The second-order valence-electron chi connectivity index (χ2n) is 4.59. The van der Waals surface area contributed by atoms with Crippen molar-refractivity contribution in [3.8, 4) is 0 Å². The van der Waals surface area contributed by atoms with Crippen molar-refractivity contribution < 1.29 is 13.2 Å². The Kier molecular flexibility index (Phi) is 4.68. The molecule has 0 saturated carbocycles. The third-order valence-electron chi connectivity index (χ3n) is 2.97. The van der Waals surface area contributed by atoms with E-state index in [0.29, 0.717) is 13.0 Å². The van der Waals surface area contributed by atoms with Crippen LogP contribution in [0.4, 0.5) is 5.13 Å². The van der Waals surface area contributed by atoms with Crippen LogP contribution in [0.1, 0.15) is 32.6 Å². The molecule has 0 aromatic carbocycles. The van der Waals surface area contributed by atoms with Crippen molar-refractivity contribution in [1.82, 2.24) is 14.5 Å². The maximum atomic E-state index is 12.5. The SMILES string of the molecule is CC(=O)Nc1nnc(S(=O)(=O)N2CCCCCC2N)s1. The quantitative estimate of drug-likeness (QED) is 0.776. The molecule has 1 aromatic rings. The second-order valence-corrected chi connectivity index (χ2v) is 7.63. The van der Waals surface area contributed by atoms with Crippen LogP contribution in [0.25, 0.3) is 0 Å². The molecule has 10 heteroatoms. The van der Waals surface area contributed by atoms with Gasteiger partial charge in [0.15, 0.2) is 0 Å². The van der Waals surface area contributed by atoms with Crippen LogP contribution >= 0.6 is 11.3 Å². The van der Waals surface area contributed by atoms with E-state index in [1.54, 1.807) is 0 Å². The van der Waals surface area contributed by atoms with Crippen molar-refractivity contribution in [2.24, 2.45) is 5.73 Å². The Bertz CT molecular complexity index is 585. The molecule has 20 heavy (non-hydrogen) atoms. The third-order valence-corrected chi connectivity index (χ3v) is 6.08. The summed E-state index contributed by atoms with van der Waals surface area (Å²) in [6.45, 7) is 1.71. The van der Waals surface area contributed by atoms with Gasteiger partial charge in [0.2, 0.25) is 15.4 Å². The van der Waals surface area contributed by atoms with E-state index in [1.165, 1.54) is 11.2 Å². The Labute approximate surface area is 121 Å². The van der Waals surface area contributed by atoms with Gasteiger partial charge in [0.25, 0.3) is 10.0 Å². The second kappa shape index (κ2) is 6.12. The van der Waals surface area contributed by atoms with Crippen LogP contribution in [-0.4, -0.2) is 41.5 Å². The first-order chi connectivity index (χ1) is 9.41. The lowest BCUT2D eigenvalue weighted by atomic mass is 10.2. The summed E-state index contributed by atoms with van der Waals surface area (Å²) in [5, 5.41) is 9.89. The first kappa shape index (κ1) is 15.3. The van der Waals surface area contributed by atoms with E-state index in [2.05, 4.69) is 15.5 Å². The van der Waals surface area contributed by atoms with Crippen molar-refractivity contribution in [1.29, 1.82) is 0 Å². The highest BCUT2D eigenvalue weighted by molar-refractivity contribution is 7.91. The zero-order valence-corrected chi connectivity index (χ0v) is 12.7. The number of hydrogen-bond acceptors (Lipinski definition) is 7. The highest BCUT2D eigenvalue weighted by Crippen LogP contribution is 2.26. The number of hydrogen-bond donors (Lipinski definition) is 2. The fourth-order valence-electron chi connectivity index (χ4n) is 2.02. The van der Waals surface area contributed by atoms with Gasteiger partial charge in [0, 0.05) is 13.5 Å². The zero-order chi connectivity index (χ0) is 14.8. The van der Waals surface area contributed by atoms with E-state index >= 15 is 0 Å². The number of rotatable bonds is 3. The predicted octanol–water partition coefficient (Wildman–Crippen LogP) is 0.346. The van der Waals surface area contributed by atoms with Crippen LogP contribution in [0.3, 0.4) is 0 Å². The van der Waals surface area contributed by atoms with Crippen LogP contribution in [-0.2, 0) is 14.8 Å². The van der Waals surface area contributed by atoms with Gasteiger partial charge in [-0.25, -0.2) is 8.42 Å². The van der Waals surface area contributed by atoms with Crippen LogP contribution in [0, 0.1) is 0 Å². The van der Waals surface area contributed by atoms with Crippen LogP contribution < -0.4 is 11.1 Å². The smallest absolute Gasteiger partial charge is 0.273 e. The van der Waals surface area contributed by atoms with Gasteiger partial charge in [0.05, 0.1) is 6.17 Å². The first-order valence-electron chi connectivity index (χ1n) is 6.30. The number of carbonyl (C=O) groups is 1. The average Bonchev–Trinajstić information content (AvgIpc) is 2.70. The van der Waals surface area contributed by atoms with Gasteiger partial charge in [-0.05, 0) is 12.8 Å². The first-order valence-corrected chi connectivity index (χ1v) is 8.55. The Balaban J connectivity index is 2.24. The summed E-state index contributed by atoms with van der Waals surface area (Å²) in [5.41, 5.74) is 5.92. The molecule has 0 spiro atoms. The molecule has 8 nitrogen and oxygen atoms in total. The lowest BCUT2D eigenvalue weighted by Crippen LogP contribution is -2.45. The van der Waals surface area contributed by atoms with Gasteiger partial charge >= 0.3 is 0 Å². The lowest BCUT2D eigenvalue weighted by Gasteiger charge is -2.24. The molecule has 3 N–H and O–H groups in total. The lowest BCUT2D eigenvalue weighted by molar-refractivity contribution is -0.114. The third kappa shape index (κ3) is 3.32. The van der Waals surface area contributed by atoms with E-state index in [9.17, 15) is 13.2 Å². The number of amides is 1. The van der Waals surface area contributed by atoms with E-state index in [0.717, 1.165) is 30.6 Å². The molecule has 0 aliphatic carbocycles. The summed E-state index contributed by atoms with van der Waals surface area (Å²) in [7, 11) is -3.75. The minimum atomic E-state index is -3.75. The molecule has 1 fully saturated rings. The van der Waals surface area contributed by atoms with Crippen LogP contribution in [0.5, 0.6) is 0 Å². The summed E-state index contributed by atoms with van der Waals surface area (Å²) >= 11 is 0.831. The van der Waals surface area contributed by atoms with Crippen molar-refractivity contribution in [3.05, 3.63) is 0 Å². The Hall–Kier alpha value is -1.10. The fourth-order valence-corrected chi connectivity index (χ4v) is 4.67. The number of nitrogens with one attached hydrogen (secondary N) is 1. The zero-order valence-electron chi connectivity index (χ0n) is 11.1. The molecule has 112 valence electrons. The molecule has 0 radical (unpaired) electrons. The minimum Gasteiger partial charge on any atom is -0.315 e. The summed E-state index contributed by atoms with van der Waals surface area (Å²) < 4.78 is 26.1. The predicted molar refractivity (Wildman–Crippen MR) is 74.5 cm³/mol. The van der Waals surface area contributed by atoms with Gasteiger partial charge in [0.1, 0.15) is 0 Å². The number of sulfonamides is 1. The van der Waals surface area contributed by atoms with Crippen molar-refractivity contribution >= 4 is 32.4 Å². The van der Waals surface area contributed by atoms with E-state index in [-0.39, 0.29) is 15.4 Å². The van der Waals surface area contributed by atoms with Gasteiger partial charge in [-0.3, -0.25) is 4.79 Å². The number of anilines is 1. The van der Waals surface area contributed by atoms with E-state index < -0.39 is 16.2 Å². The highest BCUT2D eigenvalue weighted by Gasteiger charge is 2.33. The van der Waals surface area contributed by atoms with Gasteiger partial charge in [-0.1, -0.05) is 24.2 Å². The Morgan fingerprint density at radius 2 is 2.15 bits per heavy atom. The standard InChI is InChI=1S/C10H17N5O3S2/c1-7(16)12-9-13-14-10(19-9)20(17,18)15-6-4-2-3-5-8(15)11/h8H,2-6,11H2,1H3,(H,12,13,16). The molecule has 1 amide bonds. The highest BCUT2D eigenvalue weighted by atomic mass is 32.2. The summed E-state index contributed by atoms with van der Waals surface area (Å²) in [6.07, 6.45) is 2.77. The molecule has 1 atom stereocenters. The topological polar surface area (TPSA) is 118 Å². The maximum Gasteiger partial charge on any atom is 0.273 e. The number of nitrogens with zero attached hydrogens (tertiary/aromatic N) is 3. The molecule has 2 heterocycles. The van der Waals surface area contributed by atoms with Crippen LogP contribution in [0.2, 0.25) is 0 Å². The largest absolute Gasteiger partial charge is 0.315 e. The van der Waals surface area contributed by atoms with Crippen molar-refractivity contribution in [2.45, 2.75) is 43.1 Å². The normalized spacial score (nSPS) is 21.4. The Morgan fingerprint density at radius 1 is 1.40 bits per heavy atom. The maximum absolute atomic E-state index is 12.5. The number of aromatic nitrogens is 2. The van der Waals surface area contributed by atoms with Crippen LogP contribution in [0.15, 0.2) is 4.34 Å². The Morgan fingerprint density at radius 3 is 2.85 bits per heavy atom. The van der Waals surface area contributed by atoms with Gasteiger partial charge < -0.3 is 11.1 Å². The molecule has 1 aromatic heterocycles. The van der Waals surface area contributed by atoms with Gasteiger partial charge in [-0.15, -0.1) is 10.2 Å². The summed E-state index contributed by atoms with van der Waals surface area (Å²) in [4.78, 5) is 10.9. The van der Waals surface area contributed by atoms with Crippen molar-refractivity contribution in [3.63, 3.8) is 0 Å². The molecule has 1 saturated heterocycles. The monoisotopic (exact) mass is 319 g/mol. The van der Waals surface area contributed by atoms with E-state index in [4.69, 9.17) is 5.73 Å². The molecule has 0 bridgehead atoms. The number of nitrogens with two attached hydrogens (primary N) is 1. The summed E-state index contributed by atoms with van der Waals surface area (Å²) in [6, 6.07) is 0. The molecule has 1 aliphatic heterocycles. The molecule has 1 unspecified atom stereocenters. The van der Waals surface area contributed by atoms with Crippen molar-refractivity contribution in [2.75, 3.05) is 11.9 Å². The van der Waals surface area contributed by atoms with E-state index in [1.807, 2.05) is 0 Å². The molecular weight excluding hydrogens is 302 g/mol. The molecule has 2 rings (SSSR count). The number of carbonyl (C=O) groups excluding carboxylic acids is 1. The van der Waals surface area contributed by atoms with Gasteiger partial charge in [-0.2, -0.15) is 4.31 Å². The summed E-state index contributed by atoms with van der Waals surface area (Å²) in [5.74, 6) is -0.323. The fraction of sp³-hybridized carbons (Fsp3) is 0.700.